The van der Waals surface area contributed by atoms with E-state index in [0.717, 1.165) is 59.1 Å². The van der Waals surface area contributed by atoms with E-state index in [2.05, 4.69) is 84.3 Å². The Morgan fingerprint density at radius 1 is 0.889 bits per heavy atom. The maximum atomic E-state index is 6.60. The quantitative estimate of drug-likeness (QED) is 0.418. The van der Waals surface area contributed by atoms with Crippen molar-refractivity contribution in [1.82, 2.24) is 9.55 Å². The second-order valence-electron chi connectivity index (χ2n) is 10.2. The summed E-state index contributed by atoms with van der Waals surface area (Å²) in [5.41, 5.74) is 12.1. The third-order valence-electron chi connectivity index (χ3n) is 7.69. The molecule has 4 aromatic rings. The number of aliphatic imine (C=N–C) groups is 1. The number of benzene rings is 3. The van der Waals surface area contributed by atoms with Crippen molar-refractivity contribution in [2.24, 2.45) is 16.6 Å². The van der Waals surface area contributed by atoms with Crippen LogP contribution in [0.15, 0.2) is 89.9 Å². The Morgan fingerprint density at radius 2 is 1.58 bits per heavy atom. The van der Waals surface area contributed by atoms with E-state index in [1.54, 1.807) is 0 Å². The molecule has 4 nitrogen and oxygen atoms in total. The topological polar surface area (TPSA) is 56.2 Å². The Kier molecular flexibility index (Phi) is 5.90. The first-order chi connectivity index (χ1) is 17.6. The van der Waals surface area contributed by atoms with Gasteiger partial charge in [-0.2, -0.15) is 0 Å². The minimum atomic E-state index is -0.158. The van der Waals surface area contributed by atoms with Crippen molar-refractivity contribution in [1.29, 1.82) is 0 Å². The molecule has 6 rings (SSSR count). The number of nitrogens with zero attached hydrogens (tertiary/aromatic N) is 3. The minimum absolute atomic E-state index is 0.158. The number of fused-ring (bicyclic) bond motifs is 1. The maximum absolute atomic E-state index is 6.60. The van der Waals surface area contributed by atoms with Gasteiger partial charge in [0.2, 0.25) is 0 Å². The molecule has 0 amide bonds. The lowest BCUT2D eigenvalue weighted by atomic mass is 9.73. The summed E-state index contributed by atoms with van der Waals surface area (Å²) < 4.78 is 2.31. The van der Waals surface area contributed by atoms with Crippen molar-refractivity contribution in [3.63, 3.8) is 0 Å². The molecule has 4 heteroatoms. The largest absolute Gasteiger partial charge is 0.321 e. The standard InChI is InChI=1S/C32H32N4/c1-23-13-20-30-29(19-18-28(23)34-26-11-6-3-7-12-26)35-31(24-9-4-2-5-10-24)36(30)27-16-14-25(15-17-27)32(33)21-8-22-32/h2-7,9-12,14-17,19-20,23H,8,13,18,21-22,33H2,1H3/b29-19+,30-20-,34-28?. The van der Waals surface area contributed by atoms with Crippen LogP contribution >= 0.6 is 0 Å². The molecule has 2 N–H and O–H groups in total. The molecule has 36 heavy (non-hydrogen) atoms. The van der Waals surface area contributed by atoms with E-state index in [0.29, 0.717) is 5.92 Å². The van der Waals surface area contributed by atoms with Gasteiger partial charge in [-0.15, -0.1) is 0 Å². The lowest BCUT2D eigenvalue weighted by Crippen LogP contribution is -2.43. The molecule has 1 saturated carbocycles. The van der Waals surface area contributed by atoms with E-state index in [4.69, 9.17) is 15.7 Å². The summed E-state index contributed by atoms with van der Waals surface area (Å²) in [6.45, 7) is 2.27. The number of para-hydroxylation sites is 1. The second kappa shape index (κ2) is 9.36. The van der Waals surface area contributed by atoms with Crippen LogP contribution in [0.3, 0.4) is 0 Å². The van der Waals surface area contributed by atoms with Crippen molar-refractivity contribution >= 4 is 23.6 Å². The predicted octanol–water partition coefficient (Wildman–Crippen LogP) is 5.64. The molecular formula is C32H32N4. The highest BCUT2D eigenvalue weighted by molar-refractivity contribution is 5.93. The Morgan fingerprint density at radius 3 is 2.25 bits per heavy atom. The zero-order valence-corrected chi connectivity index (χ0v) is 20.8. The average Bonchev–Trinajstić information content (AvgIpc) is 3.26. The minimum Gasteiger partial charge on any atom is -0.321 e. The number of hydrogen-bond acceptors (Lipinski definition) is 3. The molecule has 1 aromatic heterocycles. The second-order valence-corrected chi connectivity index (χ2v) is 10.2. The van der Waals surface area contributed by atoms with Crippen LogP contribution in [0.25, 0.3) is 29.2 Å². The zero-order chi connectivity index (χ0) is 24.5. The molecule has 1 unspecified atom stereocenters. The fourth-order valence-electron chi connectivity index (χ4n) is 5.28. The summed E-state index contributed by atoms with van der Waals surface area (Å²) in [6, 6.07) is 29.5. The monoisotopic (exact) mass is 472 g/mol. The van der Waals surface area contributed by atoms with Gasteiger partial charge in [-0.05, 0) is 61.4 Å². The van der Waals surface area contributed by atoms with E-state index in [-0.39, 0.29) is 5.54 Å². The third-order valence-corrected chi connectivity index (χ3v) is 7.69. The van der Waals surface area contributed by atoms with Gasteiger partial charge in [0.15, 0.2) is 0 Å². The molecule has 180 valence electrons. The highest BCUT2D eigenvalue weighted by atomic mass is 15.1. The van der Waals surface area contributed by atoms with Gasteiger partial charge in [0.1, 0.15) is 5.82 Å². The number of aromatic nitrogens is 2. The number of hydrogen-bond donors (Lipinski definition) is 1. The van der Waals surface area contributed by atoms with E-state index < -0.39 is 0 Å². The van der Waals surface area contributed by atoms with Gasteiger partial charge in [0, 0.05) is 28.9 Å². The van der Waals surface area contributed by atoms with Crippen molar-refractivity contribution in [3.05, 3.63) is 101 Å². The van der Waals surface area contributed by atoms with Crippen molar-refractivity contribution < 1.29 is 0 Å². The van der Waals surface area contributed by atoms with Crippen LogP contribution in [0.4, 0.5) is 5.69 Å². The predicted molar refractivity (Wildman–Crippen MR) is 149 cm³/mol. The Labute approximate surface area is 212 Å². The summed E-state index contributed by atoms with van der Waals surface area (Å²) in [5, 5.41) is 2.16. The maximum Gasteiger partial charge on any atom is 0.145 e. The molecule has 2 aliphatic rings. The van der Waals surface area contributed by atoms with Gasteiger partial charge in [0.05, 0.1) is 16.4 Å². The molecule has 1 heterocycles. The summed E-state index contributed by atoms with van der Waals surface area (Å²) in [7, 11) is 0. The van der Waals surface area contributed by atoms with E-state index in [1.807, 2.05) is 24.3 Å². The highest BCUT2D eigenvalue weighted by Crippen LogP contribution is 2.38. The number of imidazole rings is 1. The molecule has 0 bridgehead atoms. The molecule has 1 atom stereocenters. The molecule has 2 aliphatic carbocycles. The zero-order valence-electron chi connectivity index (χ0n) is 20.8. The Hall–Kier alpha value is -3.76. The fourth-order valence-corrected chi connectivity index (χ4v) is 5.28. The van der Waals surface area contributed by atoms with Crippen molar-refractivity contribution in [3.8, 4) is 17.1 Å². The van der Waals surface area contributed by atoms with Crippen molar-refractivity contribution in [2.45, 2.75) is 44.6 Å². The van der Waals surface area contributed by atoms with Gasteiger partial charge in [-0.25, -0.2) is 4.98 Å². The molecule has 3 aromatic carbocycles. The highest BCUT2D eigenvalue weighted by Gasteiger charge is 2.34. The molecule has 1 fully saturated rings. The molecular weight excluding hydrogens is 440 g/mol. The van der Waals surface area contributed by atoms with Crippen LogP contribution in [0, 0.1) is 5.92 Å². The van der Waals surface area contributed by atoms with Gasteiger partial charge in [-0.3, -0.25) is 9.56 Å². The van der Waals surface area contributed by atoms with E-state index in [1.165, 1.54) is 17.7 Å². The first-order valence-electron chi connectivity index (χ1n) is 13.0. The SMILES string of the molecule is CC1C/C=c2/c(nc(-c3ccccc3)n2-c2ccc(C3(N)CCC3)cc2)=C\CC1=Nc1ccccc1. The summed E-state index contributed by atoms with van der Waals surface area (Å²) in [4.78, 5) is 10.1. The first kappa shape index (κ1) is 22.7. The molecule has 0 radical (unpaired) electrons. The lowest BCUT2D eigenvalue weighted by molar-refractivity contribution is 0.253. The Balaban J connectivity index is 1.48. The van der Waals surface area contributed by atoms with E-state index >= 15 is 0 Å². The van der Waals surface area contributed by atoms with Gasteiger partial charge in [-0.1, -0.05) is 79.7 Å². The van der Waals surface area contributed by atoms with Crippen LogP contribution in [0.1, 0.15) is 44.6 Å². The third kappa shape index (κ3) is 4.22. The van der Waals surface area contributed by atoms with Gasteiger partial charge >= 0.3 is 0 Å². The van der Waals surface area contributed by atoms with Crippen LogP contribution < -0.4 is 16.4 Å². The molecule has 0 spiro atoms. The average molecular weight is 473 g/mol. The molecule has 0 saturated heterocycles. The molecule has 0 aliphatic heterocycles. The first-order valence-corrected chi connectivity index (χ1v) is 13.0. The van der Waals surface area contributed by atoms with Crippen molar-refractivity contribution in [2.75, 3.05) is 0 Å². The van der Waals surface area contributed by atoms with Gasteiger partial charge < -0.3 is 5.73 Å². The normalized spacial score (nSPS) is 21.7. The lowest BCUT2D eigenvalue weighted by Gasteiger charge is -2.38. The summed E-state index contributed by atoms with van der Waals surface area (Å²) >= 11 is 0. The van der Waals surface area contributed by atoms with Crippen LogP contribution in [0.2, 0.25) is 0 Å². The fraction of sp³-hybridized carbons (Fsp3) is 0.250. The smallest absolute Gasteiger partial charge is 0.145 e. The van der Waals surface area contributed by atoms with Crippen LogP contribution in [0.5, 0.6) is 0 Å². The number of rotatable bonds is 4. The Bertz CT molecular complexity index is 1510. The summed E-state index contributed by atoms with van der Waals surface area (Å²) in [5.74, 6) is 1.30. The van der Waals surface area contributed by atoms with Gasteiger partial charge in [0.25, 0.3) is 0 Å². The number of nitrogens with two attached hydrogens (primary N) is 1. The summed E-state index contributed by atoms with van der Waals surface area (Å²) in [6.07, 6.45) is 9.62. The van der Waals surface area contributed by atoms with Crippen LogP contribution in [-0.2, 0) is 5.54 Å². The van der Waals surface area contributed by atoms with Crippen LogP contribution in [-0.4, -0.2) is 15.3 Å². The van der Waals surface area contributed by atoms with E-state index in [9.17, 15) is 0 Å².